The summed E-state index contributed by atoms with van der Waals surface area (Å²) >= 11 is 0. The maximum Gasteiger partial charge on any atom is 0.128 e. The van der Waals surface area contributed by atoms with Gasteiger partial charge in [-0.15, -0.1) is 0 Å². The maximum absolute atomic E-state index is 5.39. The van der Waals surface area contributed by atoms with Gasteiger partial charge in [-0.2, -0.15) is 0 Å². The van der Waals surface area contributed by atoms with Crippen molar-refractivity contribution in [3.63, 3.8) is 0 Å². The largest absolute Gasteiger partial charge is 0.491 e. The Kier molecular flexibility index (Phi) is 1.60. The second-order valence-electron chi connectivity index (χ2n) is 2.34. The van der Waals surface area contributed by atoms with Gasteiger partial charge in [-0.1, -0.05) is 12.1 Å². The number of aliphatic imine (C=N–C) groups is 1. The van der Waals surface area contributed by atoms with Crippen LogP contribution in [0, 0.1) is 0 Å². The predicted molar refractivity (Wildman–Crippen MR) is 43.3 cm³/mol. The number of ether oxygens (including phenoxy) is 1. The van der Waals surface area contributed by atoms with E-state index in [1.807, 2.05) is 24.3 Å². The lowest BCUT2D eigenvalue weighted by molar-refractivity contribution is 0.331. The number of hydrogen-bond acceptors (Lipinski definition) is 2. The molecule has 2 rings (SSSR count). The van der Waals surface area contributed by atoms with Gasteiger partial charge in [0.25, 0.3) is 0 Å². The van der Waals surface area contributed by atoms with Crippen molar-refractivity contribution >= 4 is 6.21 Å². The Morgan fingerprint density at radius 1 is 1.36 bits per heavy atom. The van der Waals surface area contributed by atoms with Crippen LogP contribution in [-0.4, -0.2) is 19.4 Å². The monoisotopic (exact) mass is 146 g/mol. The summed E-state index contributed by atoms with van der Waals surface area (Å²) in [5, 5.41) is 0. The highest BCUT2D eigenvalue weighted by atomic mass is 16.5. The number of hydrogen-bond donors (Lipinski definition) is 0. The molecule has 1 aromatic carbocycles. The first-order valence-corrected chi connectivity index (χ1v) is 3.61. The number of para-hydroxylation sites is 1. The van der Waals surface area contributed by atoms with Crippen LogP contribution < -0.4 is 4.74 Å². The molecule has 0 fully saturated rings. The number of fused-ring (bicyclic) bond motifs is 1. The molecule has 0 aliphatic carbocycles. The molecule has 1 aliphatic rings. The van der Waals surface area contributed by atoms with Gasteiger partial charge in [0.05, 0.1) is 12.8 Å². The van der Waals surface area contributed by atoms with E-state index >= 15 is 0 Å². The van der Waals surface area contributed by atoms with Gasteiger partial charge in [-0.3, -0.25) is 4.99 Å². The standard InChI is InChI=1S/C9H8NO/c1-2-4-9-8(3-1)7-10-5-6-11-9/h1-4H,5-6H2. The second kappa shape index (κ2) is 2.74. The van der Waals surface area contributed by atoms with Crippen molar-refractivity contribution in [3.05, 3.63) is 29.8 Å². The van der Waals surface area contributed by atoms with E-state index in [1.165, 1.54) is 0 Å². The molecule has 11 heavy (non-hydrogen) atoms. The maximum atomic E-state index is 5.39. The van der Waals surface area contributed by atoms with Crippen LogP contribution >= 0.6 is 0 Å². The second-order valence-corrected chi connectivity index (χ2v) is 2.34. The summed E-state index contributed by atoms with van der Waals surface area (Å²) in [6, 6.07) is 7.79. The normalized spacial score (nSPS) is 14.9. The van der Waals surface area contributed by atoms with Gasteiger partial charge >= 0.3 is 0 Å². The van der Waals surface area contributed by atoms with E-state index in [-0.39, 0.29) is 0 Å². The minimum atomic E-state index is 0.657. The molecule has 0 bridgehead atoms. The molecule has 0 saturated carbocycles. The molecule has 0 unspecified atom stereocenters. The SMILES string of the molecule is [C]1=NCCOc2ccccc21. The van der Waals surface area contributed by atoms with Gasteiger partial charge in [-0.25, -0.2) is 0 Å². The zero-order valence-electron chi connectivity index (χ0n) is 6.08. The fourth-order valence-electron chi connectivity index (χ4n) is 1.03. The van der Waals surface area contributed by atoms with E-state index in [2.05, 4.69) is 11.2 Å². The van der Waals surface area contributed by atoms with Crippen LogP contribution in [0.3, 0.4) is 0 Å². The third-order valence-corrected chi connectivity index (χ3v) is 1.55. The smallest absolute Gasteiger partial charge is 0.128 e. The fraction of sp³-hybridized carbons (Fsp3) is 0.222. The molecule has 1 radical (unpaired) electrons. The Hall–Kier alpha value is -1.31. The van der Waals surface area contributed by atoms with Crippen LogP contribution in [0.4, 0.5) is 0 Å². The van der Waals surface area contributed by atoms with Gasteiger partial charge in [0.1, 0.15) is 12.4 Å². The number of benzene rings is 1. The lowest BCUT2D eigenvalue weighted by atomic mass is 10.2. The van der Waals surface area contributed by atoms with Crippen molar-refractivity contribution in [2.75, 3.05) is 13.2 Å². The van der Waals surface area contributed by atoms with E-state index < -0.39 is 0 Å². The van der Waals surface area contributed by atoms with Crippen LogP contribution in [0.2, 0.25) is 0 Å². The highest BCUT2D eigenvalue weighted by Crippen LogP contribution is 2.16. The summed E-state index contributed by atoms with van der Waals surface area (Å²) in [6.07, 6.45) is 2.93. The topological polar surface area (TPSA) is 21.6 Å². The molecule has 0 atom stereocenters. The average molecular weight is 146 g/mol. The first-order valence-electron chi connectivity index (χ1n) is 3.61. The molecular weight excluding hydrogens is 138 g/mol. The molecule has 0 amide bonds. The Morgan fingerprint density at radius 3 is 3.27 bits per heavy atom. The van der Waals surface area contributed by atoms with Gasteiger partial charge in [0.15, 0.2) is 0 Å². The van der Waals surface area contributed by atoms with Crippen molar-refractivity contribution in [3.8, 4) is 5.75 Å². The minimum absolute atomic E-state index is 0.657. The first kappa shape index (κ1) is 6.40. The first-order chi connectivity index (χ1) is 5.47. The Morgan fingerprint density at radius 2 is 2.27 bits per heavy atom. The summed E-state index contributed by atoms with van der Waals surface area (Å²) in [5.74, 6) is 0.883. The molecule has 1 aromatic rings. The van der Waals surface area contributed by atoms with Gasteiger partial charge < -0.3 is 4.74 Å². The average Bonchev–Trinajstić information content (AvgIpc) is 2.28. The van der Waals surface area contributed by atoms with Crippen LogP contribution in [0.1, 0.15) is 5.56 Å². The zero-order chi connectivity index (χ0) is 7.52. The molecule has 2 nitrogen and oxygen atoms in total. The molecule has 1 aliphatic heterocycles. The van der Waals surface area contributed by atoms with Crippen LogP contribution in [0.25, 0.3) is 0 Å². The molecule has 1 heterocycles. The van der Waals surface area contributed by atoms with Gasteiger partial charge in [0, 0.05) is 5.56 Å². The number of nitrogens with zero attached hydrogens (tertiary/aromatic N) is 1. The van der Waals surface area contributed by atoms with Crippen LogP contribution in [0.5, 0.6) is 5.75 Å². The molecule has 0 aromatic heterocycles. The Balaban J connectivity index is 2.45. The third kappa shape index (κ3) is 1.24. The van der Waals surface area contributed by atoms with Gasteiger partial charge in [0.2, 0.25) is 0 Å². The summed E-state index contributed by atoms with van der Waals surface area (Å²) in [5.41, 5.74) is 0.949. The molecule has 0 N–H and O–H groups in total. The van der Waals surface area contributed by atoms with E-state index in [0.717, 1.165) is 11.3 Å². The van der Waals surface area contributed by atoms with Crippen LogP contribution in [0.15, 0.2) is 29.3 Å². The van der Waals surface area contributed by atoms with Crippen LogP contribution in [-0.2, 0) is 0 Å². The minimum Gasteiger partial charge on any atom is -0.491 e. The highest BCUT2D eigenvalue weighted by Gasteiger charge is 2.02. The van der Waals surface area contributed by atoms with E-state index in [1.54, 1.807) is 0 Å². The van der Waals surface area contributed by atoms with E-state index in [4.69, 9.17) is 4.74 Å². The lowest BCUT2D eigenvalue weighted by Gasteiger charge is -2.02. The van der Waals surface area contributed by atoms with Gasteiger partial charge in [-0.05, 0) is 12.1 Å². The predicted octanol–water partition coefficient (Wildman–Crippen LogP) is 1.37. The Labute approximate surface area is 65.5 Å². The lowest BCUT2D eigenvalue weighted by Crippen LogP contribution is -1.98. The molecule has 0 spiro atoms. The van der Waals surface area contributed by atoms with Crippen molar-refractivity contribution in [1.29, 1.82) is 0 Å². The van der Waals surface area contributed by atoms with Crippen molar-refractivity contribution < 1.29 is 4.74 Å². The quantitative estimate of drug-likeness (QED) is 0.541. The van der Waals surface area contributed by atoms with Crippen molar-refractivity contribution in [1.82, 2.24) is 0 Å². The summed E-state index contributed by atoms with van der Waals surface area (Å²) in [7, 11) is 0. The zero-order valence-corrected chi connectivity index (χ0v) is 6.08. The molecular formula is C9H8NO. The molecule has 55 valence electrons. The van der Waals surface area contributed by atoms with E-state index in [9.17, 15) is 0 Å². The Bertz CT molecular complexity index is 281. The fourth-order valence-corrected chi connectivity index (χ4v) is 1.03. The van der Waals surface area contributed by atoms with Crippen molar-refractivity contribution in [2.45, 2.75) is 0 Å². The molecule has 0 saturated heterocycles. The molecule has 2 heteroatoms. The van der Waals surface area contributed by atoms with Crippen molar-refractivity contribution in [2.24, 2.45) is 4.99 Å². The highest BCUT2D eigenvalue weighted by molar-refractivity contribution is 5.83. The number of rotatable bonds is 0. The summed E-state index contributed by atoms with van der Waals surface area (Å²) < 4.78 is 5.39. The third-order valence-electron chi connectivity index (χ3n) is 1.55. The van der Waals surface area contributed by atoms with E-state index in [0.29, 0.717) is 13.2 Å². The summed E-state index contributed by atoms with van der Waals surface area (Å²) in [4.78, 5) is 4.04. The summed E-state index contributed by atoms with van der Waals surface area (Å²) in [6.45, 7) is 1.36.